The number of methoxy groups -OCH3 is 1. The summed E-state index contributed by atoms with van der Waals surface area (Å²) in [7, 11) is 1.73. The molecule has 0 amide bonds. The summed E-state index contributed by atoms with van der Waals surface area (Å²) in [6, 6.07) is 4.30. The van der Waals surface area contributed by atoms with Crippen molar-refractivity contribution >= 4 is 6.08 Å². The minimum Gasteiger partial charge on any atom is -0.497 e. The fourth-order valence-electron chi connectivity index (χ4n) is 2.27. The van der Waals surface area contributed by atoms with Crippen molar-refractivity contribution in [2.75, 3.05) is 7.11 Å². The molecule has 0 aliphatic heterocycles. The molecular formula is C14H18O. The highest BCUT2D eigenvalue weighted by Crippen LogP contribution is 2.38. The van der Waals surface area contributed by atoms with Gasteiger partial charge in [0, 0.05) is 5.92 Å². The van der Waals surface area contributed by atoms with E-state index in [4.69, 9.17) is 4.74 Å². The molecule has 0 aromatic heterocycles. The van der Waals surface area contributed by atoms with E-state index in [9.17, 15) is 0 Å². The summed E-state index contributed by atoms with van der Waals surface area (Å²) in [5, 5.41) is 0. The van der Waals surface area contributed by atoms with Crippen LogP contribution in [0.4, 0.5) is 0 Å². The van der Waals surface area contributed by atoms with Crippen molar-refractivity contribution in [1.82, 2.24) is 0 Å². The third-order valence-corrected chi connectivity index (χ3v) is 3.10. The van der Waals surface area contributed by atoms with Gasteiger partial charge in [0.2, 0.25) is 0 Å². The quantitative estimate of drug-likeness (QED) is 0.705. The van der Waals surface area contributed by atoms with Gasteiger partial charge in [0.05, 0.1) is 7.11 Å². The summed E-state index contributed by atoms with van der Waals surface area (Å²) < 4.78 is 5.33. The Balaban J connectivity index is 2.59. The Bertz CT molecular complexity index is 402. The number of hydrogen-bond acceptors (Lipinski definition) is 1. The number of hydrogen-bond donors (Lipinski definition) is 0. The standard InChI is InChI=1S/C14H18O/c1-9(2)13-8-12(15-4)7-11-6-5-10(3)14(11)13/h5-10H,1-4H3. The molecular weight excluding hydrogens is 184 g/mol. The minimum absolute atomic E-state index is 0.545. The van der Waals surface area contributed by atoms with Crippen LogP contribution in [0.2, 0.25) is 0 Å². The summed E-state index contributed by atoms with van der Waals surface area (Å²) in [6.07, 6.45) is 4.46. The van der Waals surface area contributed by atoms with E-state index >= 15 is 0 Å². The predicted molar refractivity (Wildman–Crippen MR) is 64.5 cm³/mol. The monoisotopic (exact) mass is 202 g/mol. The molecule has 1 heteroatoms. The van der Waals surface area contributed by atoms with Gasteiger partial charge in [-0.3, -0.25) is 0 Å². The largest absolute Gasteiger partial charge is 0.497 e. The first kappa shape index (κ1) is 10.3. The van der Waals surface area contributed by atoms with E-state index in [0.29, 0.717) is 11.8 Å². The molecule has 1 aliphatic rings. The molecule has 0 spiro atoms. The molecule has 1 atom stereocenters. The van der Waals surface area contributed by atoms with Crippen molar-refractivity contribution in [3.8, 4) is 5.75 Å². The maximum Gasteiger partial charge on any atom is 0.119 e. The molecule has 1 unspecified atom stereocenters. The van der Waals surface area contributed by atoms with Gasteiger partial charge in [0.25, 0.3) is 0 Å². The van der Waals surface area contributed by atoms with E-state index in [1.807, 2.05) is 0 Å². The summed E-state index contributed by atoms with van der Waals surface area (Å²) in [5.41, 5.74) is 4.22. The summed E-state index contributed by atoms with van der Waals surface area (Å²) in [4.78, 5) is 0. The van der Waals surface area contributed by atoms with Crippen LogP contribution in [-0.4, -0.2) is 7.11 Å². The molecule has 0 saturated heterocycles. The molecule has 0 saturated carbocycles. The van der Waals surface area contributed by atoms with Crippen molar-refractivity contribution in [3.05, 3.63) is 34.9 Å². The van der Waals surface area contributed by atoms with Gasteiger partial charge in [-0.2, -0.15) is 0 Å². The third kappa shape index (κ3) is 1.67. The molecule has 2 rings (SSSR count). The Morgan fingerprint density at radius 2 is 2.00 bits per heavy atom. The minimum atomic E-state index is 0.545. The number of benzene rings is 1. The molecule has 1 aliphatic carbocycles. The molecule has 0 heterocycles. The molecule has 0 fully saturated rings. The Morgan fingerprint density at radius 3 is 2.60 bits per heavy atom. The summed E-state index contributed by atoms with van der Waals surface area (Å²) >= 11 is 0. The van der Waals surface area contributed by atoms with Crippen molar-refractivity contribution < 1.29 is 4.74 Å². The zero-order valence-corrected chi connectivity index (χ0v) is 9.87. The van der Waals surface area contributed by atoms with Crippen LogP contribution < -0.4 is 4.74 Å². The predicted octanol–water partition coefficient (Wildman–Crippen LogP) is 3.95. The highest BCUT2D eigenvalue weighted by atomic mass is 16.5. The topological polar surface area (TPSA) is 9.23 Å². The first-order valence-electron chi connectivity index (χ1n) is 5.53. The van der Waals surface area contributed by atoms with E-state index < -0.39 is 0 Å². The molecule has 1 aromatic carbocycles. The smallest absolute Gasteiger partial charge is 0.119 e. The van der Waals surface area contributed by atoms with Crippen LogP contribution in [0.3, 0.4) is 0 Å². The van der Waals surface area contributed by atoms with E-state index in [0.717, 1.165) is 5.75 Å². The zero-order valence-electron chi connectivity index (χ0n) is 9.87. The average Bonchev–Trinajstić information content (AvgIpc) is 2.59. The average molecular weight is 202 g/mol. The molecule has 0 radical (unpaired) electrons. The molecule has 0 N–H and O–H groups in total. The lowest BCUT2D eigenvalue weighted by atomic mass is 9.90. The van der Waals surface area contributed by atoms with E-state index in [2.05, 4.69) is 45.1 Å². The fourth-order valence-corrected chi connectivity index (χ4v) is 2.27. The van der Waals surface area contributed by atoms with Crippen LogP contribution in [0.5, 0.6) is 5.75 Å². The third-order valence-electron chi connectivity index (χ3n) is 3.10. The maximum atomic E-state index is 5.33. The second-order valence-electron chi connectivity index (χ2n) is 4.52. The molecule has 80 valence electrons. The maximum absolute atomic E-state index is 5.33. The van der Waals surface area contributed by atoms with Gasteiger partial charge in [-0.15, -0.1) is 0 Å². The van der Waals surface area contributed by atoms with Crippen LogP contribution in [-0.2, 0) is 0 Å². The lowest BCUT2D eigenvalue weighted by Gasteiger charge is -2.17. The van der Waals surface area contributed by atoms with Crippen LogP contribution in [0.15, 0.2) is 18.2 Å². The number of rotatable bonds is 2. The van der Waals surface area contributed by atoms with Gasteiger partial charge in [0.1, 0.15) is 5.75 Å². The number of ether oxygens (including phenoxy) is 1. The molecule has 1 nitrogen and oxygen atoms in total. The lowest BCUT2D eigenvalue weighted by Crippen LogP contribution is -2.00. The second-order valence-corrected chi connectivity index (χ2v) is 4.52. The van der Waals surface area contributed by atoms with Crippen LogP contribution in [0, 0.1) is 0 Å². The van der Waals surface area contributed by atoms with Crippen molar-refractivity contribution in [2.45, 2.75) is 32.6 Å². The highest BCUT2D eigenvalue weighted by Gasteiger charge is 2.19. The Morgan fingerprint density at radius 1 is 1.27 bits per heavy atom. The Labute approximate surface area is 91.8 Å². The lowest BCUT2D eigenvalue weighted by molar-refractivity contribution is 0.413. The van der Waals surface area contributed by atoms with E-state index in [1.54, 1.807) is 7.11 Å². The van der Waals surface area contributed by atoms with Crippen LogP contribution in [0.25, 0.3) is 6.08 Å². The van der Waals surface area contributed by atoms with Crippen molar-refractivity contribution in [1.29, 1.82) is 0 Å². The molecule has 0 bridgehead atoms. The van der Waals surface area contributed by atoms with Gasteiger partial charge in [-0.25, -0.2) is 0 Å². The second kappa shape index (κ2) is 3.73. The van der Waals surface area contributed by atoms with Gasteiger partial charge in [-0.05, 0) is 34.7 Å². The fraction of sp³-hybridized carbons (Fsp3) is 0.429. The Kier molecular flexibility index (Phi) is 2.56. The number of fused-ring (bicyclic) bond motifs is 1. The molecule has 15 heavy (non-hydrogen) atoms. The van der Waals surface area contributed by atoms with Gasteiger partial charge in [0.15, 0.2) is 0 Å². The van der Waals surface area contributed by atoms with Crippen LogP contribution >= 0.6 is 0 Å². The molecule has 1 aromatic rings. The van der Waals surface area contributed by atoms with E-state index in [-0.39, 0.29) is 0 Å². The summed E-state index contributed by atoms with van der Waals surface area (Å²) in [5.74, 6) is 2.07. The normalized spacial score (nSPS) is 18.3. The zero-order chi connectivity index (χ0) is 11.0. The first-order valence-corrected chi connectivity index (χ1v) is 5.53. The van der Waals surface area contributed by atoms with Crippen molar-refractivity contribution in [2.24, 2.45) is 0 Å². The highest BCUT2D eigenvalue weighted by molar-refractivity contribution is 5.66. The van der Waals surface area contributed by atoms with Gasteiger partial charge in [-0.1, -0.05) is 32.9 Å². The van der Waals surface area contributed by atoms with Crippen LogP contribution in [0.1, 0.15) is 49.3 Å². The van der Waals surface area contributed by atoms with Gasteiger partial charge < -0.3 is 4.74 Å². The summed E-state index contributed by atoms with van der Waals surface area (Å²) in [6.45, 7) is 6.72. The van der Waals surface area contributed by atoms with E-state index in [1.165, 1.54) is 16.7 Å². The Hall–Kier alpha value is -1.24. The van der Waals surface area contributed by atoms with Gasteiger partial charge >= 0.3 is 0 Å². The first-order chi connectivity index (χ1) is 7.13. The van der Waals surface area contributed by atoms with Crippen molar-refractivity contribution in [3.63, 3.8) is 0 Å². The SMILES string of the molecule is COc1cc2c(c(C(C)C)c1)C(C)C=C2. The number of allylic oxidation sites excluding steroid dienone is 1.